The SMILES string of the molecule is [C-]#[N+]C[C@H]1O[C@H](OC)[C@@H](OCc2ccccc2)[C@@H](OCc2ccccc2)[C@@H]1OCc1ccccc1. The van der Waals surface area contributed by atoms with Crippen LogP contribution in [0.25, 0.3) is 4.85 Å². The molecule has 1 fully saturated rings. The molecule has 5 atom stereocenters. The van der Waals surface area contributed by atoms with Crippen molar-refractivity contribution in [1.82, 2.24) is 0 Å². The molecule has 1 aliphatic heterocycles. The van der Waals surface area contributed by atoms with Crippen LogP contribution in [-0.2, 0) is 43.5 Å². The predicted molar refractivity (Wildman–Crippen MR) is 132 cm³/mol. The molecule has 182 valence electrons. The van der Waals surface area contributed by atoms with Crippen LogP contribution in [0.5, 0.6) is 0 Å². The summed E-state index contributed by atoms with van der Waals surface area (Å²) in [6.45, 7) is 8.73. The summed E-state index contributed by atoms with van der Waals surface area (Å²) in [7, 11) is 1.58. The number of ether oxygens (including phenoxy) is 5. The number of nitrogens with zero attached hydrogens (tertiary/aromatic N) is 1. The normalized spacial score (nSPS) is 24.1. The summed E-state index contributed by atoms with van der Waals surface area (Å²) >= 11 is 0. The van der Waals surface area contributed by atoms with Gasteiger partial charge >= 0.3 is 0 Å². The fourth-order valence-electron chi connectivity index (χ4n) is 4.17. The van der Waals surface area contributed by atoms with Crippen LogP contribution in [0.15, 0.2) is 91.0 Å². The molecule has 0 radical (unpaired) electrons. The molecule has 0 amide bonds. The number of hydrogen-bond donors (Lipinski definition) is 0. The van der Waals surface area contributed by atoms with E-state index in [9.17, 15) is 0 Å². The van der Waals surface area contributed by atoms with Gasteiger partial charge in [0.2, 0.25) is 6.54 Å². The number of hydrogen-bond acceptors (Lipinski definition) is 5. The minimum absolute atomic E-state index is 0.135. The van der Waals surface area contributed by atoms with Gasteiger partial charge in [-0.3, -0.25) is 0 Å². The van der Waals surface area contributed by atoms with Gasteiger partial charge < -0.3 is 28.5 Å². The Hall–Kier alpha value is -3.05. The highest BCUT2D eigenvalue weighted by atomic mass is 16.7. The summed E-state index contributed by atoms with van der Waals surface area (Å²) in [5.74, 6) is 0. The minimum Gasteiger partial charge on any atom is -0.368 e. The van der Waals surface area contributed by atoms with Gasteiger partial charge in [-0.2, -0.15) is 0 Å². The van der Waals surface area contributed by atoms with E-state index in [1.54, 1.807) is 7.11 Å². The van der Waals surface area contributed by atoms with E-state index in [0.717, 1.165) is 16.7 Å². The van der Waals surface area contributed by atoms with Crippen molar-refractivity contribution in [2.75, 3.05) is 13.7 Å². The fourth-order valence-corrected chi connectivity index (χ4v) is 4.17. The highest BCUT2D eigenvalue weighted by molar-refractivity contribution is 5.15. The van der Waals surface area contributed by atoms with Crippen LogP contribution in [-0.4, -0.2) is 44.4 Å². The molecule has 0 bridgehead atoms. The quantitative estimate of drug-likeness (QED) is 0.366. The van der Waals surface area contributed by atoms with Gasteiger partial charge in [-0.1, -0.05) is 91.0 Å². The number of rotatable bonds is 11. The van der Waals surface area contributed by atoms with Gasteiger partial charge in [-0.25, -0.2) is 6.57 Å². The summed E-state index contributed by atoms with van der Waals surface area (Å²) in [6, 6.07) is 29.9. The molecule has 0 aromatic heterocycles. The van der Waals surface area contributed by atoms with Gasteiger partial charge in [0, 0.05) is 7.11 Å². The van der Waals surface area contributed by atoms with Crippen molar-refractivity contribution in [2.45, 2.75) is 50.5 Å². The number of methoxy groups -OCH3 is 1. The van der Waals surface area contributed by atoms with Gasteiger partial charge in [0.05, 0.1) is 19.8 Å². The first-order chi connectivity index (χ1) is 17.3. The second-order valence-electron chi connectivity index (χ2n) is 8.40. The van der Waals surface area contributed by atoms with E-state index in [4.69, 9.17) is 30.3 Å². The zero-order valence-corrected chi connectivity index (χ0v) is 19.9. The lowest BCUT2D eigenvalue weighted by Crippen LogP contribution is -2.61. The Labute approximate surface area is 207 Å². The second kappa shape index (κ2) is 13.1. The topological polar surface area (TPSA) is 50.5 Å². The minimum atomic E-state index is -0.692. The molecule has 1 aliphatic rings. The Morgan fingerprint density at radius 1 is 0.657 bits per heavy atom. The second-order valence-corrected chi connectivity index (χ2v) is 8.40. The Balaban J connectivity index is 1.58. The average Bonchev–Trinajstić information content (AvgIpc) is 2.92. The molecule has 35 heavy (non-hydrogen) atoms. The van der Waals surface area contributed by atoms with E-state index in [-0.39, 0.29) is 6.54 Å². The third-order valence-corrected chi connectivity index (χ3v) is 5.95. The van der Waals surface area contributed by atoms with E-state index in [2.05, 4.69) is 4.85 Å². The zero-order valence-electron chi connectivity index (χ0n) is 19.9. The van der Waals surface area contributed by atoms with Crippen molar-refractivity contribution >= 4 is 0 Å². The maximum atomic E-state index is 7.47. The Morgan fingerprint density at radius 2 is 1.09 bits per heavy atom. The standard InChI is InChI=1S/C29H31NO5/c1-30-18-25-26(32-19-22-12-6-3-7-13-22)27(33-20-23-14-8-4-9-15-23)28(29(31-2)35-25)34-21-24-16-10-5-11-17-24/h3-17,25-29H,18-21H2,2H3/t25-,26-,27+,28+,29+/m1/s1. The van der Waals surface area contributed by atoms with Crippen molar-refractivity contribution in [3.63, 3.8) is 0 Å². The summed E-state index contributed by atoms with van der Waals surface area (Å²) in [6.07, 6.45) is -2.78. The Bertz CT molecular complexity index is 1040. The lowest BCUT2D eigenvalue weighted by Gasteiger charge is -2.44. The van der Waals surface area contributed by atoms with Gasteiger partial charge in [-0.05, 0) is 16.7 Å². The van der Waals surface area contributed by atoms with E-state index < -0.39 is 30.7 Å². The van der Waals surface area contributed by atoms with E-state index >= 15 is 0 Å². The molecule has 4 rings (SSSR count). The zero-order chi connectivity index (χ0) is 24.3. The third kappa shape index (κ3) is 6.98. The van der Waals surface area contributed by atoms with Crippen LogP contribution < -0.4 is 0 Å². The summed E-state index contributed by atoms with van der Waals surface area (Å²) < 4.78 is 31.1. The third-order valence-electron chi connectivity index (χ3n) is 5.95. The molecule has 1 heterocycles. The first-order valence-corrected chi connectivity index (χ1v) is 11.8. The molecule has 6 heteroatoms. The van der Waals surface area contributed by atoms with E-state index in [0.29, 0.717) is 19.8 Å². The number of benzene rings is 3. The Kier molecular flexibility index (Phi) is 9.41. The molecule has 0 N–H and O–H groups in total. The van der Waals surface area contributed by atoms with Gasteiger partial charge in [0.1, 0.15) is 18.3 Å². The van der Waals surface area contributed by atoms with Crippen molar-refractivity contribution in [3.05, 3.63) is 119 Å². The van der Waals surface area contributed by atoms with Crippen LogP contribution in [0.4, 0.5) is 0 Å². The van der Waals surface area contributed by atoms with Gasteiger partial charge in [0.15, 0.2) is 12.4 Å². The van der Waals surface area contributed by atoms with E-state index in [1.165, 1.54) is 0 Å². The molecule has 3 aromatic rings. The lowest BCUT2D eigenvalue weighted by molar-refractivity contribution is -0.314. The van der Waals surface area contributed by atoms with Crippen molar-refractivity contribution in [3.8, 4) is 0 Å². The molecule has 0 spiro atoms. The average molecular weight is 474 g/mol. The van der Waals surface area contributed by atoms with Crippen molar-refractivity contribution < 1.29 is 23.7 Å². The van der Waals surface area contributed by atoms with Crippen LogP contribution >= 0.6 is 0 Å². The van der Waals surface area contributed by atoms with Crippen LogP contribution in [0.1, 0.15) is 16.7 Å². The largest absolute Gasteiger partial charge is 0.368 e. The highest BCUT2D eigenvalue weighted by Gasteiger charge is 2.49. The predicted octanol–water partition coefficient (Wildman–Crippen LogP) is 5.03. The first-order valence-electron chi connectivity index (χ1n) is 11.8. The molecule has 0 saturated carbocycles. The van der Waals surface area contributed by atoms with Crippen molar-refractivity contribution in [1.29, 1.82) is 0 Å². The maximum Gasteiger partial charge on any atom is 0.243 e. The van der Waals surface area contributed by atoms with Crippen LogP contribution in [0.2, 0.25) is 0 Å². The molecular formula is C29H31NO5. The molecule has 0 unspecified atom stereocenters. The van der Waals surface area contributed by atoms with Crippen LogP contribution in [0.3, 0.4) is 0 Å². The van der Waals surface area contributed by atoms with Crippen LogP contribution in [0, 0.1) is 6.57 Å². The first kappa shape index (κ1) is 25.1. The lowest BCUT2D eigenvalue weighted by atomic mass is 9.97. The molecule has 0 aliphatic carbocycles. The maximum absolute atomic E-state index is 7.47. The van der Waals surface area contributed by atoms with Gasteiger partial charge in [0.25, 0.3) is 0 Å². The monoisotopic (exact) mass is 473 g/mol. The fraction of sp³-hybridized carbons (Fsp3) is 0.345. The van der Waals surface area contributed by atoms with E-state index in [1.807, 2.05) is 91.0 Å². The summed E-state index contributed by atoms with van der Waals surface area (Å²) in [4.78, 5) is 3.60. The highest BCUT2D eigenvalue weighted by Crippen LogP contribution is 2.31. The molecule has 3 aromatic carbocycles. The molecule has 1 saturated heterocycles. The smallest absolute Gasteiger partial charge is 0.243 e. The summed E-state index contributed by atoms with van der Waals surface area (Å²) in [5, 5.41) is 0. The Morgan fingerprint density at radius 3 is 1.51 bits per heavy atom. The summed E-state index contributed by atoms with van der Waals surface area (Å²) in [5.41, 5.74) is 3.11. The molecule has 6 nitrogen and oxygen atoms in total. The van der Waals surface area contributed by atoms with Crippen molar-refractivity contribution in [2.24, 2.45) is 0 Å². The molecular weight excluding hydrogens is 442 g/mol. The van der Waals surface area contributed by atoms with Gasteiger partial charge in [-0.15, -0.1) is 0 Å².